The van der Waals surface area contributed by atoms with Crippen LogP contribution in [0.2, 0.25) is 0 Å². The minimum atomic E-state index is -0.609. The number of hydrogen-bond donors (Lipinski definition) is 1. The number of carbonyl (C=O) groups excluding carboxylic acids is 1. The minimum absolute atomic E-state index is 0.127. The Morgan fingerprint density at radius 3 is 2.89 bits per heavy atom. The maximum atomic E-state index is 13.3. The fraction of sp³-hybridized carbons (Fsp3) is 0.231. The lowest BCUT2D eigenvalue weighted by Crippen LogP contribution is -2.06. The first-order valence-electron chi connectivity index (χ1n) is 5.64. The highest BCUT2D eigenvalue weighted by Crippen LogP contribution is 2.09. The van der Waals surface area contributed by atoms with Crippen LogP contribution in [0.5, 0.6) is 0 Å². The van der Waals surface area contributed by atoms with Gasteiger partial charge in [0.2, 0.25) is 0 Å². The largest absolute Gasteiger partial charge is 0.456 e. The molecule has 1 aromatic heterocycles. The van der Waals surface area contributed by atoms with Gasteiger partial charge in [-0.2, -0.15) is 5.10 Å². The molecule has 1 aromatic carbocycles. The number of H-pyrrole nitrogens is 1. The van der Waals surface area contributed by atoms with Gasteiger partial charge in [0, 0.05) is 12.7 Å². The summed E-state index contributed by atoms with van der Waals surface area (Å²) in [5.41, 5.74) is 1.13. The van der Waals surface area contributed by atoms with Crippen molar-refractivity contribution < 1.29 is 18.7 Å². The van der Waals surface area contributed by atoms with Crippen LogP contribution in [-0.4, -0.2) is 23.3 Å². The van der Waals surface area contributed by atoms with Crippen molar-refractivity contribution in [3.05, 3.63) is 53.1 Å². The summed E-state index contributed by atoms with van der Waals surface area (Å²) in [5.74, 6) is -1.01. The van der Waals surface area contributed by atoms with Crippen LogP contribution in [0.15, 0.2) is 30.3 Å². The van der Waals surface area contributed by atoms with Crippen molar-refractivity contribution >= 4 is 5.97 Å². The second-order valence-electron chi connectivity index (χ2n) is 3.88. The molecule has 0 bridgehead atoms. The van der Waals surface area contributed by atoms with Crippen LogP contribution in [0.1, 0.15) is 21.7 Å². The molecule has 100 valence electrons. The van der Waals surface area contributed by atoms with Gasteiger partial charge in [-0.25, -0.2) is 9.18 Å². The summed E-state index contributed by atoms with van der Waals surface area (Å²) in [6, 6.07) is 7.66. The second-order valence-corrected chi connectivity index (χ2v) is 3.88. The Balaban J connectivity index is 1.95. The SMILES string of the molecule is COCc1cc(C(=O)OCc2ccccc2F)n[nH]1. The fourth-order valence-electron chi connectivity index (χ4n) is 1.53. The molecule has 0 saturated heterocycles. The highest BCUT2D eigenvalue weighted by molar-refractivity contribution is 5.87. The van der Waals surface area contributed by atoms with Gasteiger partial charge in [0.05, 0.1) is 12.3 Å². The van der Waals surface area contributed by atoms with Crippen LogP contribution >= 0.6 is 0 Å². The number of nitrogens with one attached hydrogen (secondary N) is 1. The number of methoxy groups -OCH3 is 1. The number of hydrogen-bond acceptors (Lipinski definition) is 4. The number of esters is 1. The molecular weight excluding hydrogens is 251 g/mol. The molecule has 2 aromatic rings. The average molecular weight is 264 g/mol. The van der Waals surface area contributed by atoms with Crippen molar-refractivity contribution in [1.29, 1.82) is 0 Å². The molecule has 0 spiro atoms. The summed E-state index contributed by atoms with van der Waals surface area (Å²) in [5, 5.41) is 6.44. The quantitative estimate of drug-likeness (QED) is 0.839. The fourth-order valence-corrected chi connectivity index (χ4v) is 1.53. The smallest absolute Gasteiger partial charge is 0.359 e. The highest BCUT2D eigenvalue weighted by atomic mass is 19.1. The zero-order valence-corrected chi connectivity index (χ0v) is 10.4. The number of halogens is 1. The lowest BCUT2D eigenvalue weighted by Gasteiger charge is -2.03. The molecule has 2 rings (SSSR count). The maximum Gasteiger partial charge on any atom is 0.359 e. The summed E-state index contributed by atoms with van der Waals surface area (Å²) in [6.45, 7) is 0.200. The van der Waals surface area contributed by atoms with Gasteiger partial charge in [-0.05, 0) is 12.1 Å². The van der Waals surface area contributed by atoms with Crippen LogP contribution < -0.4 is 0 Å². The molecule has 19 heavy (non-hydrogen) atoms. The summed E-state index contributed by atoms with van der Waals surface area (Å²) in [4.78, 5) is 11.7. The zero-order chi connectivity index (χ0) is 13.7. The molecular formula is C13H13FN2O3. The van der Waals surface area contributed by atoms with E-state index in [2.05, 4.69) is 10.2 Å². The summed E-state index contributed by atoms with van der Waals surface area (Å²) >= 11 is 0. The number of benzene rings is 1. The first-order chi connectivity index (χ1) is 9.20. The monoisotopic (exact) mass is 264 g/mol. The third-order valence-electron chi connectivity index (χ3n) is 2.46. The Kier molecular flexibility index (Phi) is 4.25. The van der Waals surface area contributed by atoms with E-state index in [9.17, 15) is 9.18 Å². The van der Waals surface area contributed by atoms with Gasteiger partial charge >= 0.3 is 5.97 Å². The van der Waals surface area contributed by atoms with Gasteiger partial charge in [-0.3, -0.25) is 5.10 Å². The van der Waals surface area contributed by atoms with E-state index in [0.717, 1.165) is 0 Å². The normalized spacial score (nSPS) is 10.4. The summed E-state index contributed by atoms with van der Waals surface area (Å²) < 4.78 is 23.2. The third-order valence-corrected chi connectivity index (χ3v) is 2.46. The average Bonchev–Trinajstić information content (AvgIpc) is 2.87. The van der Waals surface area contributed by atoms with E-state index in [1.54, 1.807) is 18.2 Å². The van der Waals surface area contributed by atoms with Crippen molar-refractivity contribution in [2.45, 2.75) is 13.2 Å². The van der Waals surface area contributed by atoms with Crippen LogP contribution in [0.4, 0.5) is 4.39 Å². The van der Waals surface area contributed by atoms with E-state index in [4.69, 9.17) is 9.47 Å². The maximum absolute atomic E-state index is 13.3. The van der Waals surface area contributed by atoms with E-state index in [1.807, 2.05) is 0 Å². The summed E-state index contributed by atoms with van der Waals surface area (Å²) in [6.07, 6.45) is 0. The molecule has 0 saturated carbocycles. The number of nitrogens with zero attached hydrogens (tertiary/aromatic N) is 1. The number of carbonyl (C=O) groups is 1. The molecule has 0 amide bonds. The van der Waals surface area contributed by atoms with Crippen LogP contribution in [-0.2, 0) is 22.7 Å². The molecule has 6 heteroatoms. The minimum Gasteiger partial charge on any atom is -0.456 e. The Hall–Kier alpha value is -2.21. The predicted octanol–water partition coefficient (Wildman–Crippen LogP) is 2.05. The van der Waals surface area contributed by atoms with E-state index >= 15 is 0 Å². The lowest BCUT2D eigenvalue weighted by molar-refractivity contribution is 0.0462. The van der Waals surface area contributed by atoms with E-state index in [-0.39, 0.29) is 12.3 Å². The Morgan fingerprint density at radius 1 is 1.37 bits per heavy atom. The third kappa shape index (κ3) is 3.38. The molecule has 0 unspecified atom stereocenters. The van der Waals surface area contributed by atoms with Crippen molar-refractivity contribution in [1.82, 2.24) is 10.2 Å². The highest BCUT2D eigenvalue weighted by Gasteiger charge is 2.13. The van der Waals surface area contributed by atoms with Crippen molar-refractivity contribution in [2.75, 3.05) is 7.11 Å². The van der Waals surface area contributed by atoms with Crippen LogP contribution in [0.3, 0.4) is 0 Å². The Bertz CT molecular complexity index is 569. The molecule has 0 aliphatic carbocycles. The molecule has 0 atom stereocenters. The molecule has 1 heterocycles. The molecule has 0 radical (unpaired) electrons. The second kappa shape index (κ2) is 6.10. The standard InChI is InChI=1S/C13H13FN2O3/c1-18-8-10-6-12(16-15-10)13(17)19-7-9-4-2-3-5-11(9)14/h2-6H,7-8H2,1H3,(H,15,16). The lowest BCUT2D eigenvalue weighted by atomic mass is 10.2. The topological polar surface area (TPSA) is 64.2 Å². The van der Waals surface area contributed by atoms with Crippen LogP contribution in [0.25, 0.3) is 0 Å². The van der Waals surface area contributed by atoms with Gasteiger partial charge < -0.3 is 9.47 Å². The Labute approximate surface area is 109 Å². The van der Waals surface area contributed by atoms with Crippen molar-refractivity contribution in [2.24, 2.45) is 0 Å². The van der Waals surface area contributed by atoms with Gasteiger partial charge in [0.1, 0.15) is 12.4 Å². The number of rotatable bonds is 5. The number of ether oxygens (including phenoxy) is 2. The molecule has 0 fully saturated rings. The summed E-state index contributed by atoms with van der Waals surface area (Å²) in [7, 11) is 1.54. The molecule has 0 aliphatic heterocycles. The first kappa shape index (κ1) is 13.2. The molecule has 5 nitrogen and oxygen atoms in total. The van der Waals surface area contributed by atoms with Crippen molar-refractivity contribution in [3.63, 3.8) is 0 Å². The first-order valence-corrected chi connectivity index (χ1v) is 5.64. The number of aromatic amines is 1. The van der Waals surface area contributed by atoms with E-state index in [0.29, 0.717) is 17.9 Å². The van der Waals surface area contributed by atoms with E-state index in [1.165, 1.54) is 19.2 Å². The van der Waals surface area contributed by atoms with Gasteiger partial charge in [-0.1, -0.05) is 18.2 Å². The van der Waals surface area contributed by atoms with Crippen LogP contribution in [0, 0.1) is 5.82 Å². The van der Waals surface area contributed by atoms with Gasteiger partial charge in [0.25, 0.3) is 0 Å². The van der Waals surface area contributed by atoms with Gasteiger partial charge in [0.15, 0.2) is 5.69 Å². The molecule has 1 N–H and O–H groups in total. The van der Waals surface area contributed by atoms with Crippen molar-refractivity contribution in [3.8, 4) is 0 Å². The Morgan fingerprint density at radius 2 is 2.16 bits per heavy atom. The van der Waals surface area contributed by atoms with Gasteiger partial charge in [-0.15, -0.1) is 0 Å². The number of aromatic nitrogens is 2. The zero-order valence-electron chi connectivity index (χ0n) is 10.4. The van der Waals surface area contributed by atoms with E-state index < -0.39 is 11.8 Å². The molecule has 0 aliphatic rings. The predicted molar refractivity (Wildman–Crippen MR) is 64.8 cm³/mol.